The number of aromatic amines is 1. The minimum absolute atomic E-state index is 0.0825. The number of para-hydroxylation sites is 1. The van der Waals surface area contributed by atoms with Gasteiger partial charge in [0.15, 0.2) is 11.5 Å². The first-order chi connectivity index (χ1) is 21.1. The van der Waals surface area contributed by atoms with Gasteiger partial charge in [0, 0.05) is 23.5 Å². The largest absolute Gasteiger partial charge is 0.493 e. The van der Waals surface area contributed by atoms with Gasteiger partial charge in [0.25, 0.3) is 5.91 Å². The number of hydrogen-bond acceptors (Lipinski definition) is 6. The number of ether oxygens (including phenoxy) is 3. The summed E-state index contributed by atoms with van der Waals surface area (Å²) in [7, 11) is 1.56. The first-order valence-electron chi connectivity index (χ1n) is 13.8. The minimum atomic E-state index is -0.942. The smallest absolute Gasteiger partial charge is 0.408 e. The fourth-order valence-electron chi connectivity index (χ4n) is 4.50. The van der Waals surface area contributed by atoms with Gasteiger partial charge in [0.1, 0.15) is 19.3 Å². The molecule has 4 aromatic carbocycles. The maximum Gasteiger partial charge on any atom is 0.408 e. The third kappa shape index (κ3) is 8.01. The van der Waals surface area contributed by atoms with Crippen molar-refractivity contribution < 1.29 is 23.8 Å². The first kappa shape index (κ1) is 28.9. The van der Waals surface area contributed by atoms with Gasteiger partial charge in [-0.25, -0.2) is 10.2 Å². The second-order valence-electron chi connectivity index (χ2n) is 9.74. The lowest BCUT2D eigenvalue weighted by molar-refractivity contribution is -0.123. The molecule has 1 atom stereocenters. The number of rotatable bonds is 12. The Kier molecular flexibility index (Phi) is 9.67. The molecule has 1 heterocycles. The number of fused-ring (bicyclic) bond motifs is 1. The van der Waals surface area contributed by atoms with E-state index in [4.69, 9.17) is 14.2 Å². The highest BCUT2D eigenvalue weighted by molar-refractivity contribution is 5.89. The Labute approximate surface area is 249 Å². The minimum Gasteiger partial charge on any atom is -0.493 e. The summed E-state index contributed by atoms with van der Waals surface area (Å²) in [5, 5.41) is 7.79. The lowest BCUT2D eigenvalue weighted by Gasteiger charge is -2.17. The van der Waals surface area contributed by atoms with E-state index in [0.29, 0.717) is 23.7 Å². The third-order valence-electron chi connectivity index (χ3n) is 6.73. The average molecular weight is 577 g/mol. The molecule has 0 aliphatic carbocycles. The molecule has 5 rings (SSSR count). The molecule has 1 aromatic heterocycles. The standard InChI is InChI=1S/C34H32N4O5/c1-41-32-18-26(16-17-31(32)42-22-24-10-4-2-5-11-24)20-36-38-33(39)30(19-27-21-35-29-15-9-8-14-28(27)29)37-34(40)43-23-25-12-6-3-7-13-25/h2-18,20-21,30,35H,19,22-23H2,1H3,(H,37,40)(H,38,39)/b36-20-/t30-/m1/s1. The van der Waals surface area contributed by atoms with Crippen LogP contribution in [0.1, 0.15) is 22.3 Å². The predicted molar refractivity (Wildman–Crippen MR) is 165 cm³/mol. The highest BCUT2D eigenvalue weighted by Crippen LogP contribution is 2.28. The maximum absolute atomic E-state index is 13.3. The van der Waals surface area contributed by atoms with E-state index < -0.39 is 18.0 Å². The number of alkyl carbamates (subject to hydrolysis) is 1. The number of nitrogens with one attached hydrogen (secondary N) is 3. The maximum atomic E-state index is 13.3. The Morgan fingerprint density at radius 1 is 0.860 bits per heavy atom. The van der Waals surface area contributed by atoms with Crippen LogP contribution in [0.5, 0.6) is 11.5 Å². The predicted octanol–water partition coefficient (Wildman–Crippen LogP) is 5.74. The summed E-state index contributed by atoms with van der Waals surface area (Å²) < 4.78 is 16.8. The molecule has 9 heteroatoms. The van der Waals surface area contributed by atoms with Gasteiger partial charge in [0.05, 0.1) is 13.3 Å². The number of H-pyrrole nitrogens is 1. The van der Waals surface area contributed by atoms with Crippen LogP contribution in [0.4, 0.5) is 4.79 Å². The van der Waals surface area contributed by atoms with Gasteiger partial charge in [-0.1, -0.05) is 78.9 Å². The van der Waals surface area contributed by atoms with Crippen molar-refractivity contribution in [3.05, 3.63) is 132 Å². The van der Waals surface area contributed by atoms with Crippen LogP contribution in [0.2, 0.25) is 0 Å². The Morgan fingerprint density at radius 3 is 2.30 bits per heavy atom. The summed E-state index contributed by atoms with van der Waals surface area (Å²) in [6.45, 7) is 0.485. The van der Waals surface area contributed by atoms with Crippen molar-refractivity contribution in [3.63, 3.8) is 0 Å². The summed E-state index contributed by atoms with van der Waals surface area (Å²) in [5.74, 6) is 0.628. The van der Waals surface area contributed by atoms with Gasteiger partial charge in [-0.3, -0.25) is 4.79 Å². The van der Waals surface area contributed by atoms with E-state index in [1.165, 1.54) is 6.21 Å². The molecule has 0 saturated carbocycles. The van der Waals surface area contributed by atoms with Crippen LogP contribution in [-0.2, 0) is 29.2 Å². The van der Waals surface area contributed by atoms with Crippen LogP contribution in [0.3, 0.4) is 0 Å². The van der Waals surface area contributed by atoms with Crippen molar-refractivity contribution >= 4 is 29.1 Å². The van der Waals surface area contributed by atoms with Crippen molar-refractivity contribution in [2.24, 2.45) is 5.10 Å². The van der Waals surface area contributed by atoms with Gasteiger partial charge in [-0.15, -0.1) is 0 Å². The average Bonchev–Trinajstić information content (AvgIpc) is 3.46. The summed E-state index contributed by atoms with van der Waals surface area (Å²) in [6, 6.07) is 31.3. The van der Waals surface area contributed by atoms with Crippen molar-refractivity contribution in [2.75, 3.05) is 7.11 Å². The molecule has 43 heavy (non-hydrogen) atoms. The highest BCUT2D eigenvalue weighted by atomic mass is 16.5. The Hall–Kier alpha value is -5.57. The normalized spacial score (nSPS) is 11.7. The molecule has 0 bridgehead atoms. The SMILES string of the molecule is COc1cc(/C=N\NC(=O)[C@@H](Cc2c[nH]c3ccccc23)NC(=O)OCc2ccccc2)ccc1OCc1ccccc1. The summed E-state index contributed by atoms with van der Waals surface area (Å²) >= 11 is 0. The van der Waals surface area contributed by atoms with E-state index in [1.54, 1.807) is 25.3 Å². The lowest BCUT2D eigenvalue weighted by atomic mass is 10.0. The van der Waals surface area contributed by atoms with E-state index in [-0.39, 0.29) is 13.0 Å². The van der Waals surface area contributed by atoms with Crippen LogP contribution in [-0.4, -0.2) is 36.4 Å². The molecular formula is C34H32N4O5. The molecule has 0 fully saturated rings. The zero-order valence-corrected chi connectivity index (χ0v) is 23.7. The van der Waals surface area contributed by atoms with Crippen LogP contribution >= 0.6 is 0 Å². The molecule has 0 spiro atoms. The van der Waals surface area contributed by atoms with E-state index >= 15 is 0 Å². The summed E-state index contributed by atoms with van der Waals surface area (Å²) in [4.78, 5) is 29.1. The number of carbonyl (C=O) groups excluding carboxylic acids is 2. The summed E-state index contributed by atoms with van der Waals surface area (Å²) in [5.41, 5.74) is 6.92. The molecule has 0 radical (unpaired) electrons. The Balaban J connectivity index is 1.24. The Morgan fingerprint density at radius 2 is 1.56 bits per heavy atom. The van der Waals surface area contributed by atoms with E-state index in [9.17, 15) is 9.59 Å². The van der Waals surface area contributed by atoms with E-state index in [2.05, 4.69) is 20.8 Å². The number of hydrazone groups is 1. The molecule has 0 aliphatic heterocycles. The number of aromatic nitrogens is 1. The molecule has 218 valence electrons. The number of benzene rings is 4. The first-order valence-corrected chi connectivity index (χ1v) is 13.8. The number of hydrogen-bond donors (Lipinski definition) is 3. The molecular weight excluding hydrogens is 544 g/mol. The van der Waals surface area contributed by atoms with E-state index in [0.717, 1.165) is 27.6 Å². The molecule has 0 unspecified atom stereocenters. The third-order valence-corrected chi connectivity index (χ3v) is 6.73. The van der Waals surface area contributed by atoms with Crippen molar-refractivity contribution in [3.8, 4) is 11.5 Å². The van der Waals surface area contributed by atoms with Crippen LogP contribution < -0.4 is 20.2 Å². The zero-order valence-electron chi connectivity index (χ0n) is 23.7. The van der Waals surface area contributed by atoms with Crippen LogP contribution in [0.25, 0.3) is 10.9 Å². The summed E-state index contributed by atoms with van der Waals surface area (Å²) in [6.07, 6.45) is 2.85. The topological polar surface area (TPSA) is 114 Å². The second kappa shape index (κ2) is 14.4. The van der Waals surface area contributed by atoms with Crippen LogP contribution in [0.15, 0.2) is 114 Å². The highest BCUT2D eigenvalue weighted by Gasteiger charge is 2.23. The quantitative estimate of drug-likeness (QED) is 0.129. The van der Waals surface area contributed by atoms with Crippen molar-refractivity contribution in [1.29, 1.82) is 0 Å². The van der Waals surface area contributed by atoms with Crippen molar-refractivity contribution in [1.82, 2.24) is 15.7 Å². The fourth-order valence-corrected chi connectivity index (χ4v) is 4.50. The molecule has 0 saturated heterocycles. The van der Waals surface area contributed by atoms with Gasteiger partial charge in [-0.2, -0.15) is 5.10 Å². The number of methoxy groups -OCH3 is 1. The monoisotopic (exact) mass is 576 g/mol. The van der Waals surface area contributed by atoms with Gasteiger partial charge < -0.3 is 24.5 Å². The van der Waals surface area contributed by atoms with Crippen LogP contribution in [0, 0.1) is 0 Å². The number of nitrogens with zero attached hydrogens (tertiary/aromatic N) is 1. The molecule has 0 aliphatic rings. The van der Waals surface area contributed by atoms with Gasteiger partial charge in [0.2, 0.25) is 0 Å². The molecule has 2 amide bonds. The van der Waals surface area contributed by atoms with Gasteiger partial charge >= 0.3 is 6.09 Å². The zero-order chi connectivity index (χ0) is 29.9. The molecule has 9 nitrogen and oxygen atoms in total. The number of amides is 2. The second-order valence-corrected chi connectivity index (χ2v) is 9.74. The van der Waals surface area contributed by atoms with E-state index in [1.807, 2.05) is 91.1 Å². The number of carbonyl (C=O) groups is 2. The molecule has 3 N–H and O–H groups in total. The van der Waals surface area contributed by atoms with Crippen molar-refractivity contribution in [2.45, 2.75) is 25.7 Å². The van der Waals surface area contributed by atoms with Gasteiger partial charge in [-0.05, 0) is 46.5 Å². The molecule has 5 aromatic rings. The fraction of sp³-hybridized carbons (Fsp3) is 0.147. The Bertz CT molecular complexity index is 1690. The lowest BCUT2D eigenvalue weighted by Crippen LogP contribution is -2.47.